The Morgan fingerprint density at radius 2 is 2.00 bits per heavy atom. The molecule has 0 aromatic carbocycles. The van der Waals surface area contributed by atoms with Crippen molar-refractivity contribution in [2.75, 3.05) is 6.54 Å². The maximum absolute atomic E-state index is 2.34. The smallest absolute Gasteiger partial charge is 0.102 e. The topological polar surface area (TPSA) is 4.44 Å². The van der Waals surface area contributed by atoms with Gasteiger partial charge in [-0.25, -0.2) is 0 Å². The number of quaternary nitrogens is 1. The van der Waals surface area contributed by atoms with Gasteiger partial charge in [-0.1, -0.05) is 20.3 Å². The second-order valence-electron chi connectivity index (χ2n) is 3.13. The average Bonchev–Trinajstić information content (AvgIpc) is 2.38. The van der Waals surface area contributed by atoms with Crippen LogP contribution in [0.1, 0.15) is 33.1 Å². The largest absolute Gasteiger partial charge is 1.00 e. The minimum atomic E-state index is 0. The molecule has 12 heavy (non-hydrogen) atoms. The lowest BCUT2D eigenvalue weighted by Gasteiger charge is -2.02. The molecule has 1 aliphatic rings. The van der Waals surface area contributed by atoms with Gasteiger partial charge in [0.1, 0.15) is 6.20 Å². The zero-order valence-electron chi connectivity index (χ0n) is 7.94. The molecule has 1 unspecified atom stereocenters. The summed E-state index contributed by atoms with van der Waals surface area (Å²) < 4.78 is 0. The van der Waals surface area contributed by atoms with Crippen molar-refractivity contribution in [2.45, 2.75) is 33.1 Å². The molecule has 1 nitrogen and oxygen atoms in total. The van der Waals surface area contributed by atoms with Gasteiger partial charge >= 0.3 is 0 Å². The second-order valence-corrected chi connectivity index (χ2v) is 3.13. The molecule has 0 fully saturated rings. The predicted octanol–water partition coefficient (Wildman–Crippen LogP) is -1.50. The van der Waals surface area contributed by atoms with E-state index in [1.807, 2.05) is 0 Å². The van der Waals surface area contributed by atoms with Gasteiger partial charge in [0.05, 0.1) is 12.7 Å². The summed E-state index contributed by atoms with van der Waals surface area (Å²) in [6.45, 7) is 5.70. The lowest BCUT2D eigenvalue weighted by Crippen LogP contribution is -3.01. The van der Waals surface area contributed by atoms with Gasteiger partial charge in [0.25, 0.3) is 0 Å². The van der Waals surface area contributed by atoms with Crippen molar-refractivity contribution >= 4 is 0 Å². The number of hydrogen-bond donors (Lipinski definition) is 1. The second kappa shape index (κ2) is 5.95. The van der Waals surface area contributed by atoms with Gasteiger partial charge in [-0.15, -0.1) is 0 Å². The fraction of sp³-hybridized carbons (Fsp3) is 0.600. The van der Waals surface area contributed by atoms with Crippen LogP contribution in [-0.4, -0.2) is 6.54 Å². The molecule has 1 atom stereocenters. The molecule has 0 saturated heterocycles. The van der Waals surface area contributed by atoms with E-state index in [1.165, 1.54) is 36.3 Å². The van der Waals surface area contributed by atoms with Crippen LogP contribution >= 0.6 is 0 Å². The van der Waals surface area contributed by atoms with E-state index in [9.17, 15) is 0 Å². The number of nitrogens with one attached hydrogen (secondary N) is 1. The maximum Gasteiger partial charge on any atom is 0.102 e. The molecule has 2 heteroatoms. The van der Waals surface area contributed by atoms with Gasteiger partial charge in [-0.3, -0.25) is 4.90 Å². The summed E-state index contributed by atoms with van der Waals surface area (Å²) in [5.74, 6) is 0. The third-order valence-corrected chi connectivity index (χ3v) is 1.96. The SMILES string of the molecule is CCCC1=C[NH+](CCC)C=C1.[F-]. The minimum Gasteiger partial charge on any atom is -1.00 e. The van der Waals surface area contributed by atoms with Crippen molar-refractivity contribution in [1.82, 2.24) is 0 Å². The maximum atomic E-state index is 2.34. The van der Waals surface area contributed by atoms with E-state index in [-0.39, 0.29) is 4.70 Å². The summed E-state index contributed by atoms with van der Waals surface area (Å²) >= 11 is 0. The zero-order valence-corrected chi connectivity index (χ0v) is 7.94. The Labute approximate surface area is 74.1 Å². The Morgan fingerprint density at radius 3 is 2.58 bits per heavy atom. The molecule has 0 spiro atoms. The van der Waals surface area contributed by atoms with E-state index in [2.05, 4.69) is 32.3 Å². The third kappa shape index (κ3) is 3.18. The van der Waals surface area contributed by atoms with Crippen molar-refractivity contribution in [3.05, 3.63) is 24.0 Å². The number of allylic oxidation sites excluding steroid dienone is 2. The number of hydrogen-bond acceptors (Lipinski definition) is 0. The average molecular weight is 171 g/mol. The van der Waals surface area contributed by atoms with Crippen molar-refractivity contribution in [2.24, 2.45) is 0 Å². The summed E-state index contributed by atoms with van der Waals surface area (Å²) in [7, 11) is 0. The van der Waals surface area contributed by atoms with Crippen LogP contribution in [0.4, 0.5) is 0 Å². The van der Waals surface area contributed by atoms with Gasteiger partial charge in [-0.05, 0) is 12.8 Å². The van der Waals surface area contributed by atoms with Crippen molar-refractivity contribution in [3.8, 4) is 0 Å². The highest BCUT2D eigenvalue weighted by Gasteiger charge is 2.08. The van der Waals surface area contributed by atoms with Gasteiger partial charge in [0.15, 0.2) is 0 Å². The Hall–Kier alpha value is -0.630. The van der Waals surface area contributed by atoms with Gasteiger partial charge < -0.3 is 4.70 Å². The highest BCUT2D eigenvalue weighted by molar-refractivity contribution is 5.17. The summed E-state index contributed by atoms with van der Waals surface area (Å²) in [4.78, 5) is 1.51. The van der Waals surface area contributed by atoms with E-state index >= 15 is 0 Å². The van der Waals surface area contributed by atoms with Crippen LogP contribution in [0.3, 0.4) is 0 Å². The Balaban J connectivity index is 0.00000121. The van der Waals surface area contributed by atoms with Crippen LogP contribution in [0.15, 0.2) is 24.0 Å². The molecule has 0 bridgehead atoms. The Bertz CT molecular complexity index is 173. The summed E-state index contributed by atoms with van der Waals surface area (Å²) in [5, 5.41) is 0. The minimum absolute atomic E-state index is 0. The zero-order chi connectivity index (χ0) is 8.10. The molecule has 0 aromatic rings. The first kappa shape index (κ1) is 11.4. The molecular weight excluding hydrogens is 153 g/mol. The highest BCUT2D eigenvalue weighted by atomic mass is 19.0. The van der Waals surface area contributed by atoms with E-state index < -0.39 is 0 Å². The third-order valence-electron chi connectivity index (χ3n) is 1.96. The molecule has 0 saturated carbocycles. The van der Waals surface area contributed by atoms with Crippen LogP contribution in [0.25, 0.3) is 0 Å². The van der Waals surface area contributed by atoms with Crippen LogP contribution in [-0.2, 0) is 0 Å². The van der Waals surface area contributed by atoms with Crippen LogP contribution in [0.2, 0.25) is 0 Å². The summed E-state index contributed by atoms with van der Waals surface area (Å²) in [5.41, 5.74) is 1.51. The molecular formula is C10H18FN. The van der Waals surface area contributed by atoms with Crippen molar-refractivity contribution in [1.29, 1.82) is 0 Å². The van der Waals surface area contributed by atoms with Crippen LogP contribution < -0.4 is 9.60 Å². The fourth-order valence-electron chi connectivity index (χ4n) is 1.44. The quantitative estimate of drug-likeness (QED) is 0.525. The lowest BCUT2D eigenvalue weighted by molar-refractivity contribution is -0.787. The van der Waals surface area contributed by atoms with Crippen LogP contribution in [0, 0.1) is 0 Å². The highest BCUT2D eigenvalue weighted by Crippen LogP contribution is 2.05. The first-order chi connectivity index (χ1) is 5.36. The molecule has 0 amide bonds. The van der Waals surface area contributed by atoms with E-state index in [0.717, 1.165) is 0 Å². The normalized spacial score (nSPS) is 20.5. The number of rotatable bonds is 4. The first-order valence-electron chi connectivity index (χ1n) is 4.61. The molecule has 0 aliphatic carbocycles. The Kier molecular flexibility index (Phi) is 5.64. The van der Waals surface area contributed by atoms with Gasteiger partial charge in [-0.2, -0.15) is 0 Å². The van der Waals surface area contributed by atoms with Crippen molar-refractivity contribution in [3.63, 3.8) is 0 Å². The molecule has 0 aromatic heterocycles. The first-order valence-corrected chi connectivity index (χ1v) is 4.61. The van der Waals surface area contributed by atoms with E-state index in [1.54, 1.807) is 0 Å². The number of halogens is 1. The molecule has 1 rings (SSSR count). The van der Waals surface area contributed by atoms with E-state index in [4.69, 9.17) is 0 Å². The van der Waals surface area contributed by atoms with Gasteiger partial charge in [0.2, 0.25) is 0 Å². The molecule has 1 aliphatic heterocycles. The monoisotopic (exact) mass is 171 g/mol. The Morgan fingerprint density at radius 1 is 1.25 bits per heavy atom. The summed E-state index contributed by atoms with van der Waals surface area (Å²) in [6, 6.07) is 0. The standard InChI is InChI=1S/C10H17N.FH/c1-3-5-10-6-8-11(9-10)7-4-2;/h6,8-9H,3-5,7H2,1-2H3;1H. The summed E-state index contributed by atoms with van der Waals surface area (Å²) in [6.07, 6.45) is 10.6. The van der Waals surface area contributed by atoms with Crippen LogP contribution in [0.5, 0.6) is 0 Å². The van der Waals surface area contributed by atoms with E-state index in [0.29, 0.717) is 0 Å². The van der Waals surface area contributed by atoms with Gasteiger partial charge in [0, 0.05) is 11.6 Å². The molecule has 0 radical (unpaired) electrons. The van der Waals surface area contributed by atoms with Crippen molar-refractivity contribution < 1.29 is 9.60 Å². The fourth-order valence-corrected chi connectivity index (χ4v) is 1.44. The molecule has 70 valence electrons. The predicted molar refractivity (Wildman–Crippen MR) is 48.3 cm³/mol. The molecule has 1 heterocycles. The molecule has 1 N–H and O–H groups in total. The lowest BCUT2D eigenvalue weighted by atomic mass is 10.2.